The molecule has 106 valence electrons. The third-order valence-corrected chi connectivity index (χ3v) is 3.14. The van der Waals surface area contributed by atoms with Crippen LogP contribution in [0.1, 0.15) is 12.5 Å². The minimum absolute atomic E-state index is 0.220. The highest BCUT2D eigenvalue weighted by Crippen LogP contribution is 2.33. The molecule has 0 saturated carbocycles. The Kier molecular flexibility index (Phi) is 4.68. The van der Waals surface area contributed by atoms with Gasteiger partial charge in [0.2, 0.25) is 5.88 Å². The van der Waals surface area contributed by atoms with Crippen molar-refractivity contribution in [1.29, 1.82) is 0 Å². The SMILES string of the molecule is CCNc1nc(Oc2ccc(F)c(C)c2)c(Cl)cc1Cl. The number of aromatic nitrogens is 1. The number of aryl methyl sites for hydroxylation is 1. The predicted octanol–water partition coefficient (Wildman–Crippen LogP) is 5.06. The molecule has 0 aliphatic carbocycles. The van der Waals surface area contributed by atoms with E-state index in [-0.39, 0.29) is 11.7 Å². The summed E-state index contributed by atoms with van der Waals surface area (Å²) in [6.45, 7) is 4.25. The molecule has 0 spiro atoms. The summed E-state index contributed by atoms with van der Waals surface area (Å²) < 4.78 is 18.8. The number of nitrogens with one attached hydrogen (secondary N) is 1. The molecule has 0 unspecified atom stereocenters. The van der Waals surface area contributed by atoms with Crippen molar-refractivity contribution in [1.82, 2.24) is 4.98 Å². The van der Waals surface area contributed by atoms with E-state index in [0.29, 0.717) is 33.7 Å². The number of benzene rings is 1. The van der Waals surface area contributed by atoms with Crippen LogP contribution in [0.5, 0.6) is 11.6 Å². The van der Waals surface area contributed by atoms with Crippen LogP contribution in [0.25, 0.3) is 0 Å². The summed E-state index contributed by atoms with van der Waals surface area (Å²) >= 11 is 12.1. The minimum atomic E-state index is -0.291. The average Bonchev–Trinajstić information content (AvgIpc) is 2.39. The maximum absolute atomic E-state index is 13.2. The third kappa shape index (κ3) is 3.32. The molecule has 0 radical (unpaired) electrons. The van der Waals surface area contributed by atoms with Gasteiger partial charge in [0.05, 0.1) is 5.02 Å². The first kappa shape index (κ1) is 14.9. The van der Waals surface area contributed by atoms with Crippen molar-refractivity contribution in [3.05, 3.63) is 45.7 Å². The van der Waals surface area contributed by atoms with Gasteiger partial charge in [-0.05, 0) is 43.7 Å². The second kappa shape index (κ2) is 6.29. The fraction of sp³-hybridized carbons (Fsp3) is 0.214. The normalized spacial score (nSPS) is 10.4. The molecule has 1 aromatic heterocycles. The number of ether oxygens (including phenoxy) is 1. The van der Waals surface area contributed by atoms with E-state index in [9.17, 15) is 4.39 Å². The molecule has 0 aliphatic heterocycles. The summed E-state index contributed by atoms with van der Waals surface area (Å²) in [6.07, 6.45) is 0. The predicted molar refractivity (Wildman–Crippen MR) is 79.6 cm³/mol. The first-order valence-corrected chi connectivity index (χ1v) is 6.80. The Morgan fingerprint density at radius 3 is 2.65 bits per heavy atom. The largest absolute Gasteiger partial charge is 0.437 e. The number of rotatable bonds is 4. The number of hydrogen-bond acceptors (Lipinski definition) is 3. The molecule has 1 aromatic carbocycles. The molecule has 0 saturated heterocycles. The van der Waals surface area contributed by atoms with Crippen LogP contribution >= 0.6 is 23.2 Å². The van der Waals surface area contributed by atoms with Gasteiger partial charge in [0.1, 0.15) is 22.4 Å². The van der Waals surface area contributed by atoms with Gasteiger partial charge in [-0.2, -0.15) is 4.98 Å². The molecule has 0 bridgehead atoms. The van der Waals surface area contributed by atoms with Gasteiger partial charge in [-0.1, -0.05) is 23.2 Å². The Morgan fingerprint density at radius 2 is 2.00 bits per heavy atom. The molecule has 6 heteroatoms. The summed E-state index contributed by atoms with van der Waals surface area (Å²) in [4.78, 5) is 4.22. The van der Waals surface area contributed by atoms with Crippen molar-refractivity contribution < 1.29 is 9.13 Å². The molecule has 1 heterocycles. The van der Waals surface area contributed by atoms with Gasteiger partial charge >= 0.3 is 0 Å². The number of hydrogen-bond donors (Lipinski definition) is 1. The summed E-state index contributed by atoms with van der Waals surface area (Å²) in [6, 6.07) is 5.98. The first-order chi connectivity index (χ1) is 9.51. The lowest BCUT2D eigenvalue weighted by atomic mass is 10.2. The summed E-state index contributed by atoms with van der Waals surface area (Å²) in [5.74, 6) is 0.884. The van der Waals surface area contributed by atoms with Gasteiger partial charge in [-0.15, -0.1) is 0 Å². The molecule has 0 amide bonds. The number of anilines is 1. The summed E-state index contributed by atoms with van der Waals surface area (Å²) in [7, 11) is 0. The van der Waals surface area contributed by atoms with E-state index < -0.39 is 0 Å². The zero-order valence-corrected chi connectivity index (χ0v) is 12.5. The highest BCUT2D eigenvalue weighted by atomic mass is 35.5. The van der Waals surface area contributed by atoms with Gasteiger partial charge in [0.15, 0.2) is 0 Å². The molecular formula is C14H13Cl2FN2O. The molecule has 2 rings (SSSR count). The maximum atomic E-state index is 13.2. The minimum Gasteiger partial charge on any atom is -0.437 e. The van der Waals surface area contributed by atoms with Gasteiger partial charge in [0.25, 0.3) is 0 Å². The van der Waals surface area contributed by atoms with Crippen LogP contribution in [0.3, 0.4) is 0 Å². The second-order valence-electron chi connectivity index (χ2n) is 4.15. The topological polar surface area (TPSA) is 34.2 Å². The van der Waals surface area contributed by atoms with Gasteiger partial charge in [0, 0.05) is 6.54 Å². The van der Waals surface area contributed by atoms with Crippen molar-refractivity contribution >= 4 is 29.0 Å². The van der Waals surface area contributed by atoms with E-state index in [4.69, 9.17) is 27.9 Å². The van der Waals surface area contributed by atoms with Gasteiger partial charge in [-0.3, -0.25) is 0 Å². The maximum Gasteiger partial charge on any atom is 0.240 e. The van der Waals surface area contributed by atoms with Crippen molar-refractivity contribution in [2.24, 2.45) is 0 Å². The van der Waals surface area contributed by atoms with E-state index in [1.807, 2.05) is 6.92 Å². The van der Waals surface area contributed by atoms with Crippen LogP contribution in [0.2, 0.25) is 10.0 Å². The lowest BCUT2D eigenvalue weighted by molar-refractivity contribution is 0.461. The van der Waals surface area contributed by atoms with Crippen molar-refractivity contribution in [3.8, 4) is 11.6 Å². The Balaban J connectivity index is 2.32. The molecule has 20 heavy (non-hydrogen) atoms. The number of halogens is 3. The van der Waals surface area contributed by atoms with Crippen molar-refractivity contribution in [2.45, 2.75) is 13.8 Å². The second-order valence-corrected chi connectivity index (χ2v) is 4.96. The molecular weight excluding hydrogens is 302 g/mol. The third-order valence-electron chi connectivity index (χ3n) is 2.59. The fourth-order valence-corrected chi connectivity index (χ4v) is 2.07. The molecule has 0 atom stereocenters. The van der Waals surface area contributed by atoms with Crippen LogP contribution in [-0.2, 0) is 0 Å². The molecule has 0 fully saturated rings. The lowest BCUT2D eigenvalue weighted by Crippen LogP contribution is -2.01. The van der Waals surface area contributed by atoms with Crippen molar-refractivity contribution in [3.63, 3.8) is 0 Å². The van der Waals surface area contributed by atoms with E-state index in [0.717, 1.165) is 0 Å². The molecule has 2 aromatic rings. The number of pyridine rings is 1. The summed E-state index contributed by atoms with van der Waals surface area (Å²) in [5, 5.41) is 3.71. The quantitative estimate of drug-likeness (QED) is 0.856. The standard InChI is InChI=1S/C14H13Cl2FN2O/c1-3-18-13-10(15)7-11(16)14(19-13)20-9-4-5-12(17)8(2)6-9/h4-7H,3H2,1-2H3,(H,18,19). The van der Waals surface area contributed by atoms with E-state index in [1.165, 1.54) is 12.1 Å². The van der Waals surface area contributed by atoms with E-state index in [1.54, 1.807) is 19.1 Å². The Hall–Kier alpha value is -1.52. The average molecular weight is 315 g/mol. The van der Waals surface area contributed by atoms with Crippen LogP contribution in [0.4, 0.5) is 10.2 Å². The van der Waals surface area contributed by atoms with Crippen molar-refractivity contribution in [2.75, 3.05) is 11.9 Å². The Bertz CT molecular complexity index is 635. The highest BCUT2D eigenvalue weighted by molar-refractivity contribution is 6.36. The zero-order chi connectivity index (χ0) is 14.7. The summed E-state index contributed by atoms with van der Waals surface area (Å²) in [5.41, 5.74) is 0.486. The van der Waals surface area contributed by atoms with Gasteiger partial charge < -0.3 is 10.1 Å². The van der Waals surface area contributed by atoms with Crippen LogP contribution in [0.15, 0.2) is 24.3 Å². The molecule has 0 aliphatic rings. The molecule has 3 nitrogen and oxygen atoms in total. The van der Waals surface area contributed by atoms with Crippen LogP contribution in [0, 0.1) is 12.7 Å². The van der Waals surface area contributed by atoms with E-state index >= 15 is 0 Å². The Morgan fingerprint density at radius 1 is 1.25 bits per heavy atom. The van der Waals surface area contributed by atoms with Crippen LogP contribution in [-0.4, -0.2) is 11.5 Å². The highest BCUT2D eigenvalue weighted by Gasteiger charge is 2.11. The first-order valence-electron chi connectivity index (χ1n) is 6.05. The monoisotopic (exact) mass is 314 g/mol. The zero-order valence-electron chi connectivity index (χ0n) is 11.0. The lowest BCUT2D eigenvalue weighted by Gasteiger charge is -2.11. The number of nitrogens with zero attached hydrogens (tertiary/aromatic N) is 1. The molecule has 1 N–H and O–H groups in total. The van der Waals surface area contributed by atoms with Crippen LogP contribution < -0.4 is 10.1 Å². The Labute approximate surface area is 126 Å². The smallest absolute Gasteiger partial charge is 0.240 e. The fourth-order valence-electron chi connectivity index (χ4n) is 1.60. The van der Waals surface area contributed by atoms with Gasteiger partial charge in [-0.25, -0.2) is 4.39 Å². The van der Waals surface area contributed by atoms with E-state index in [2.05, 4.69) is 10.3 Å².